The van der Waals surface area contributed by atoms with Crippen LogP contribution < -0.4 is 10.6 Å². The summed E-state index contributed by atoms with van der Waals surface area (Å²) >= 11 is 19.2. The van der Waals surface area contributed by atoms with E-state index >= 15 is 0 Å². The predicted molar refractivity (Wildman–Crippen MR) is 126 cm³/mol. The third kappa shape index (κ3) is 5.95. The number of rotatable bonds is 7. The number of carbonyl (C=O) groups excluding carboxylic acids is 2. The van der Waals surface area contributed by atoms with E-state index in [1.165, 1.54) is 23.5 Å². The number of hydrogen-bond acceptors (Lipinski definition) is 5. The van der Waals surface area contributed by atoms with E-state index in [0.29, 0.717) is 26.6 Å². The second-order valence-electron chi connectivity index (χ2n) is 6.87. The number of anilines is 1. The van der Waals surface area contributed by atoms with Gasteiger partial charge in [-0.15, -0.1) is 10.2 Å². The van der Waals surface area contributed by atoms with Gasteiger partial charge in [0.1, 0.15) is 11.0 Å². The van der Waals surface area contributed by atoms with Crippen molar-refractivity contribution in [2.24, 2.45) is 5.92 Å². The highest BCUT2D eigenvalue weighted by molar-refractivity contribution is 7.18. The van der Waals surface area contributed by atoms with E-state index in [-0.39, 0.29) is 22.4 Å². The standard InChI is InChI=1S/C21H19Cl3N4O2S/c1-3-11(2)17(25-18(29)15-9-8-14(23)10-16(15)24)19(30)26-21-28-27-20(31-21)12-4-6-13(22)7-5-12/h4-11,17H,3H2,1-2H3,(H,25,29)(H,26,28,30)/t11-,17-/m0/s1. The lowest BCUT2D eigenvalue weighted by Gasteiger charge is -2.23. The molecule has 162 valence electrons. The Bertz CT molecular complexity index is 1090. The zero-order valence-corrected chi connectivity index (χ0v) is 19.7. The number of aromatic nitrogens is 2. The minimum Gasteiger partial charge on any atom is -0.340 e. The molecule has 2 N–H and O–H groups in total. The van der Waals surface area contributed by atoms with E-state index in [4.69, 9.17) is 34.8 Å². The summed E-state index contributed by atoms with van der Waals surface area (Å²) in [5, 5.41) is 15.9. The van der Waals surface area contributed by atoms with E-state index in [0.717, 1.165) is 5.56 Å². The summed E-state index contributed by atoms with van der Waals surface area (Å²) in [7, 11) is 0. The first-order valence-electron chi connectivity index (χ1n) is 9.44. The van der Waals surface area contributed by atoms with Crippen LogP contribution >= 0.6 is 46.1 Å². The minimum atomic E-state index is -0.785. The average molecular weight is 498 g/mol. The van der Waals surface area contributed by atoms with Gasteiger partial charge < -0.3 is 5.32 Å². The molecule has 0 saturated heterocycles. The summed E-state index contributed by atoms with van der Waals surface area (Å²) in [5.41, 5.74) is 1.08. The van der Waals surface area contributed by atoms with Crippen molar-refractivity contribution < 1.29 is 9.59 Å². The van der Waals surface area contributed by atoms with Gasteiger partial charge in [0.15, 0.2) is 0 Å². The van der Waals surface area contributed by atoms with Gasteiger partial charge in [0.2, 0.25) is 11.0 Å². The Kier molecular flexibility index (Phi) is 7.89. The van der Waals surface area contributed by atoms with Gasteiger partial charge in [-0.3, -0.25) is 14.9 Å². The Morgan fingerprint density at radius 3 is 2.35 bits per heavy atom. The number of nitrogens with one attached hydrogen (secondary N) is 2. The molecule has 3 aromatic rings. The summed E-state index contributed by atoms with van der Waals surface area (Å²) in [5.74, 6) is -0.966. The third-order valence-corrected chi connectivity index (χ3v) is 6.39. The summed E-state index contributed by atoms with van der Waals surface area (Å²) in [6, 6.07) is 11.0. The van der Waals surface area contributed by atoms with Crippen LogP contribution in [0.4, 0.5) is 5.13 Å². The Morgan fingerprint density at radius 2 is 1.71 bits per heavy atom. The van der Waals surface area contributed by atoms with Crippen LogP contribution in [0, 0.1) is 5.92 Å². The third-order valence-electron chi connectivity index (χ3n) is 4.70. The Balaban J connectivity index is 1.74. The largest absolute Gasteiger partial charge is 0.340 e. The van der Waals surface area contributed by atoms with Crippen molar-refractivity contribution in [3.8, 4) is 10.6 Å². The van der Waals surface area contributed by atoms with E-state index < -0.39 is 11.9 Å². The van der Waals surface area contributed by atoms with Crippen LogP contribution in [0.2, 0.25) is 15.1 Å². The normalized spacial score (nSPS) is 12.8. The lowest BCUT2D eigenvalue weighted by molar-refractivity contribution is -0.119. The smallest absolute Gasteiger partial charge is 0.253 e. The quantitative estimate of drug-likeness (QED) is 0.422. The van der Waals surface area contributed by atoms with Crippen LogP contribution in [0.1, 0.15) is 30.6 Å². The van der Waals surface area contributed by atoms with E-state index in [1.807, 2.05) is 26.0 Å². The van der Waals surface area contributed by atoms with Gasteiger partial charge in [0.05, 0.1) is 10.6 Å². The van der Waals surface area contributed by atoms with Crippen molar-refractivity contribution in [3.05, 3.63) is 63.1 Å². The number of amides is 2. The molecule has 2 aromatic carbocycles. The van der Waals surface area contributed by atoms with Gasteiger partial charge in [-0.25, -0.2) is 0 Å². The summed E-state index contributed by atoms with van der Waals surface area (Å²) in [4.78, 5) is 25.7. The molecule has 31 heavy (non-hydrogen) atoms. The van der Waals surface area contributed by atoms with Crippen LogP contribution in [0.15, 0.2) is 42.5 Å². The zero-order valence-electron chi connectivity index (χ0n) is 16.7. The molecule has 0 aliphatic heterocycles. The van der Waals surface area contributed by atoms with E-state index in [2.05, 4.69) is 20.8 Å². The molecule has 3 rings (SSSR count). The summed E-state index contributed by atoms with van der Waals surface area (Å²) in [6.45, 7) is 3.82. The van der Waals surface area contributed by atoms with Crippen molar-refractivity contribution in [1.29, 1.82) is 0 Å². The number of halogens is 3. The number of hydrogen-bond donors (Lipinski definition) is 2. The van der Waals surface area contributed by atoms with Gasteiger partial charge in [-0.1, -0.05) is 78.5 Å². The molecule has 0 aliphatic carbocycles. The maximum absolute atomic E-state index is 13.0. The van der Waals surface area contributed by atoms with Gasteiger partial charge >= 0.3 is 0 Å². The lowest BCUT2D eigenvalue weighted by atomic mass is 9.98. The fraction of sp³-hybridized carbons (Fsp3) is 0.238. The van der Waals surface area contributed by atoms with Crippen molar-refractivity contribution in [3.63, 3.8) is 0 Å². The fourth-order valence-corrected chi connectivity index (χ4v) is 4.13. The van der Waals surface area contributed by atoms with Crippen LogP contribution in [0.5, 0.6) is 0 Å². The van der Waals surface area contributed by atoms with Crippen molar-refractivity contribution in [1.82, 2.24) is 15.5 Å². The van der Waals surface area contributed by atoms with Crippen LogP contribution in [-0.2, 0) is 4.79 Å². The van der Waals surface area contributed by atoms with Crippen molar-refractivity contribution in [2.75, 3.05) is 5.32 Å². The molecule has 0 aliphatic rings. The fourth-order valence-electron chi connectivity index (χ4n) is 2.76. The predicted octanol–water partition coefficient (Wildman–Crippen LogP) is 5.95. The summed E-state index contributed by atoms with van der Waals surface area (Å²) < 4.78 is 0. The van der Waals surface area contributed by atoms with Crippen LogP contribution in [0.3, 0.4) is 0 Å². The van der Waals surface area contributed by atoms with Gasteiger partial charge in [0, 0.05) is 15.6 Å². The first-order chi connectivity index (χ1) is 14.8. The molecule has 0 unspecified atom stereocenters. The minimum absolute atomic E-state index is 0.126. The first-order valence-corrected chi connectivity index (χ1v) is 11.4. The molecule has 0 bridgehead atoms. The van der Waals surface area contributed by atoms with Gasteiger partial charge in [-0.2, -0.15) is 0 Å². The Hall–Kier alpha value is -2.19. The number of benzene rings is 2. The Labute approximate surface area is 198 Å². The molecular weight excluding hydrogens is 479 g/mol. The molecule has 2 atom stereocenters. The second-order valence-corrected chi connectivity index (χ2v) is 9.13. The molecule has 2 amide bonds. The van der Waals surface area contributed by atoms with Crippen molar-refractivity contribution in [2.45, 2.75) is 26.3 Å². The van der Waals surface area contributed by atoms with Gasteiger partial charge in [0.25, 0.3) is 5.91 Å². The molecule has 1 aromatic heterocycles. The maximum Gasteiger partial charge on any atom is 0.253 e. The lowest BCUT2D eigenvalue weighted by Crippen LogP contribution is -2.47. The molecule has 0 saturated carbocycles. The molecule has 6 nitrogen and oxygen atoms in total. The van der Waals surface area contributed by atoms with E-state index in [1.54, 1.807) is 18.2 Å². The molecule has 0 fully saturated rings. The van der Waals surface area contributed by atoms with Crippen LogP contribution in [0.25, 0.3) is 10.6 Å². The highest BCUT2D eigenvalue weighted by Crippen LogP contribution is 2.28. The van der Waals surface area contributed by atoms with Crippen LogP contribution in [-0.4, -0.2) is 28.1 Å². The zero-order chi connectivity index (χ0) is 22.5. The second kappa shape index (κ2) is 10.4. The first kappa shape index (κ1) is 23.5. The topological polar surface area (TPSA) is 84.0 Å². The highest BCUT2D eigenvalue weighted by Gasteiger charge is 2.28. The maximum atomic E-state index is 13.0. The molecule has 10 heteroatoms. The monoisotopic (exact) mass is 496 g/mol. The van der Waals surface area contributed by atoms with Crippen molar-refractivity contribution >= 4 is 63.1 Å². The molecule has 0 radical (unpaired) electrons. The number of carbonyl (C=O) groups is 2. The number of nitrogens with zero attached hydrogens (tertiary/aromatic N) is 2. The SMILES string of the molecule is CC[C@H](C)[C@H](NC(=O)c1ccc(Cl)cc1Cl)C(=O)Nc1nnc(-c2ccc(Cl)cc2)s1. The van der Waals surface area contributed by atoms with E-state index in [9.17, 15) is 9.59 Å². The highest BCUT2D eigenvalue weighted by atomic mass is 35.5. The molecule has 1 heterocycles. The molecule has 0 spiro atoms. The Morgan fingerprint density at radius 1 is 1.03 bits per heavy atom. The summed E-state index contributed by atoms with van der Waals surface area (Å²) in [6.07, 6.45) is 0.679. The molecular formula is C21H19Cl3N4O2S. The van der Waals surface area contributed by atoms with Gasteiger partial charge in [-0.05, 0) is 36.2 Å². The average Bonchev–Trinajstić information content (AvgIpc) is 3.20.